The summed E-state index contributed by atoms with van der Waals surface area (Å²) >= 11 is 1.00. The van der Waals surface area contributed by atoms with Crippen molar-refractivity contribution in [2.24, 2.45) is 5.14 Å². The summed E-state index contributed by atoms with van der Waals surface area (Å²) in [5.41, 5.74) is 4.47. The van der Waals surface area contributed by atoms with E-state index in [2.05, 4.69) is 48.3 Å². The number of halogens is 1. The van der Waals surface area contributed by atoms with Crippen molar-refractivity contribution >= 4 is 21.4 Å². The van der Waals surface area contributed by atoms with Gasteiger partial charge in [-0.3, -0.25) is 0 Å². The molecule has 2 heterocycles. The number of nitrogens with two attached hydrogens (primary N) is 1. The third-order valence-electron chi connectivity index (χ3n) is 4.17. The zero-order valence-electron chi connectivity index (χ0n) is 17.4. The van der Waals surface area contributed by atoms with Crippen molar-refractivity contribution < 1.29 is 41.9 Å². The summed E-state index contributed by atoms with van der Waals surface area (Å²) < 4.78 is 59.1. The second-order valence-corrected chi connectivity index (χ2v) is 10.1. The normalized spacial score (nSPS) is 11.7. The summed E-state index contributed by atoms with van der Waals surface area (Å²) in [6, 6.07) is 14.5. The maximum atomic E-state index is 11.6. The van der Waals surface area contributed by atoms with Crippen molar-refractivity contribution in [1.29, 1.82) is 0 Å². The smallest absolute Gasteiger partial charge is 0.222 e. The zero-order valence-corrected chi connectivity index (χ0v) is 19.8. The van der Waals surface area contributed by atoms with E-state index in [1.165, 1.54) is 0 Å². The van der Waals surface area contributed by atoms with Gasteiger partial charge in [0.1, 0.15) is 11.4 Å². The van der Waals surface area contributed by atoms with E-state index in [0.717, 1.165) is 59.5 Å². The van der Waals surface area contributed by atoms with Crippen LogP contribution in [0.25, 0.3) is 16.3 Å². The van der Waals surface area contributed by atoms with E-state index in [-0.39, 0.29) is 4.34 Å². The molecule has 0 bridgehead atoms. The van der Waals surface area contributed by atoms with Gasteiger partial charge in [0.2, 0.25) is 0 Å². The molecular formula is C19H23ClN4O6S2. The Kier molecular flexibility index (Phi) is 9.18. The SMILES string of the molecule is CCCc1cc(-c2ccccc2)cc(CCC)[n+]1-c1nnc(S(N)(=O)=O)s1.[O-][Cl+3]([O-])([O-])[O-]. The van der Waals surface area contributed by atoms with Crippen LogP contribution in [0.5, 0.6) is 0 Å². The van der Waals surface area contributed by atoms with Crippen LogP contribution < -0.4 is 28.3 Å². The van der Waals surface area contributed by atoms with Crippen LogP contribution in [0.3, 0.4) is 0 Å². The van der Waals surface area contributed by atoms with Crippen molar-refractivity contribution in [1.82, 2.24) is 10.2 Å². The van der Waals surface area contributed by atoms with Gasteiger partial charge >= 0.3 is 5.13 Å². The third kappa shape index (κ3) is 7.83. The first-order chi connectivity index (χ1) is 14.9. The molecule has 10 nitrogen and oxygen atoms in total. The maximum Gasteiger partial charge on any atom is 0.416 e. The molecule has 0 saturated carbocycles. The second kappa shape index (κ2) is 11.2. The minimum absolute atomic E-state index is 0.165. The Morgan fingerprint density at radius 3 is 1.84 bits per heavy atom. The summed E-state index contributed by atoms with van der Waals surface area (Å²) in [6.45, 7) is 4.24. The highest BCUT2D eigenvalue weighted by Gasteiger charge is 2.27. The molecule has 32 heavy (non-hydrogen) atoms. The number of sulfonamides is 1. The fourth-order valence-corrected chi connectivity index (χ4v) is 4.53. The molecule has 0 radical (unpaired) electrons. The van der Waals surface area contributed by atoms with Crippen molar-refractivity contribution in [3.8, 4) is 16.3 Å². The first-order valence-corrected chi connectivity index (χ1v) is 13.2. The summed E-state index contributed by atoms with van der Waals surface area (Å²) in [5, 5.41) is 13.6. The fraction of sp³-hybridized carbons (Fsp3) is 0.316. The van der Waals surface area contributed by atoms with Gasteiger partial charge in [0, 0.05) is 12.8 Å². The monoisotopic (exact) mass is 502 g/mol. The average molecular weight is 503 g/mol. The highest BCUT2D eigenvalue weighted by Crippen LogP contribution is 2.23. The van der Waals surface area contributed by atoms with Crippen LogP contribution in [0.15, 0.2) is 46.8 Å². The standard InChI is InChI=1S/C19H23N4O2S2.ClHO4/c1-3-8-16-12-15(14-10-6-5-7-11-14)13-17(9-4-2)23(16)18-21-22-19(26-18)27(20,24)25;2-1(3,4)5/h5-7,10-13H,3-4,8-9H2,1-2H3,(H2,20,24,25);(H,2,3,4,5)/q+1;/p-1. The van der Waals surface area contributed by atoms with Crippen molar-refractivity contribution in [2.45, 2.75) is 43.9 Å². The molecular weight excluding hydrogens is 480 g/mol. The summed E-state index contributed by atoms with van der Waals surface area (Å²) in [4.78, 5) is 0. The number of primary sulfonamides is 1. The Bertz CT molecular complexity index is 1100. The van der Waals surface area contributed by atoms with Gasteiger partial charge in [-0.15, -0.1) is 10.2 Å². The largest absolute Gasteiger partial charge is 0.416 e. The van der Waals surface area contributed by atoms with Gasteiger partial charge < -0.3 is 0 Å². The van der Waals surface area contributed by atoms with Crippen LogP contribution in [0.4, 0.5) is 0 Å². The first-order valence-electron chi connectivity index (χ1n) is 9.55. The quantitative estimate of drug-likeness (QED) is 0.370. The number of aromatic nitrogens is 3. The summed E-state index contributed by atoms with van der Waals surface area (Å²) in [5.74, 6) is 0. The number of hydrogen-bond donors (Lipinski definition) is 1. The topological polar surface area (TPSA) is 182 Å². The molecule has 0 aliphatic carbocycles. The highest BCUT2D eigenvalue weighted by atomic mass is 35.7. The number of nitrogens with zero attached hydrogens (tertiary/aromatic N) is 3. The molecule has 174 valence electrons. The summed E-state index contributed by atoms with van der Waals surface area (Å²) in [7, 11) is -8.80. The van der Waals surface area contributed by atoms with Gasteiger partial charge in [-0.1, -0.05) is 44.2 Å². The van der Waals surface area contributed by atoms with Crippen LogP contribution in [0, 0.1) is 10.2 Å². The van der Waals surface area contributed by atoms with Crippen LogP contribution in [0.1, 0.15) is 38.1 Å². The molecule has 0 unspecified atom stereocenters. The maximum absolute atomic E-state index is 11.6. The van der Waals surface area contributed by atoms with E-state index >= 15 is 0 Å². The fourth-order valence-electron chi connectivity index (χ4n) is 3.05. The Morgan fingerprint density at radius 1 is 0.938 bits per heavy atom. The van der Waals surface area contributed by atoms with Crippen LogP contribution in [-0.2, 0) is 22.9 Å². The van der Waals surface area contributed by atoms with E-state index in [1.54, 1.807) is 0 Å². The van der Waals surface area contributed by atoms with E-state index in [1.807, 2.05) is 22.8 Å². The molecule has 13 heteroatoms. The zero-order chi connectivity index (χ0) is 23.9. The molecule has 0 saturated heterocycles. The Balaban J connectivity index is 0.000000654. The molecule has 0 fully saturated rings. The number of hydrogen-bond acceptors (Lipinski definition) is 9. The molecule has 0 aliphatic rings. The predicted molar refractivity (Wildman–Crippen MR) is 106 cm³/mol. The highest BCUT2D eigenvalue weighted by molar-refractivity contribution is 7.91. The van der Waals surface area contributed by atoms with Crippen LogP contribution in [0.2, 0.25) is 0 Å². The average Bonchev–Trinajstić information content (AvgIpc) is 3.18. The number of benzene rings is 1. The number of rotatable bonds is 7. The van der Waals surface area contributed by atoms with Crippen molar-refractivity contribution in [3.63, 3.8) is 0 Å². The van der Waals surface area contributed by atoms with Crippen molar-refractivity contribution in [3.05, 3.63) is 53.9 Å². The Hall–Kier alpha value is -2.03. The minimum Gasteiger partial charge on any atom is -0.222 e. The van der Waals surface area contributed by atoms with Crippen LogP contribution in [-0.4, -0.2) is 18.6 Å². The molecule has 2 aromatic heterocycles. The lowest BCUT2D eigenvalue weighted by Crippen LogP contribution is -2.68. The molecule has 2 N–H and O–H groups in total. The molecule has 0 aliphatic heterocycles. The lowest BCUT2D eigenvalue weighted by Gasteiger charge is -2.17. The molecule has 3 aromatic rings. The van der Waals surface area contributed by atoms with E-state index in [4.69, 9.17) is 23.8 Å². The van der Waals surface area contributed by atoms with Gasteiger partial charge in [0.05, 0.1) is 5.10 Å². The molecule has 0 atom stereocenters. The van der Waals surface area contributed by atoms with Gasteiger partial charge in [-0.2, -0.15) is 4.57 Å². The van der Waals surface area contributed by atoms with Gasteiger partial charge in [0.25, 0.3) is 14.4 Å². The van der Waals surface area contributed by atoms with E-state index in [0.29, 0.717) is 5.13 Å². The third-order valence-corrected chi connectivity index (χ3v) is 6.39. The second-order valence-electron chi connectivity index (χ2n) is 6.70. The van der Waals surface area contributed by atoms with Gasteiger partial charge in [-0.05, 0) is 52.5 Å². The minimum atomic E-state index is -4.94. The van der Waals surface area contributed by atoms with E-state index < -0.39 is 20.3 Å². The molecule has 0 amide bonds. The van der Waals surface area contributed by atoms with Gasteiger partial charge in [0.15, 0.2) is 0 Å². The molecule has 3 rings (SSSR count). The first kappa shape index (κ1) is 26.2. The van der Waals surface area contributed by atoms with Crippen LogP contribution >= 0.6 is 11.3 Å². The lowest BCUT2D eigenvalue weighted by atomic mass is 10.0. The van der Waals surface area contributed by atoms with E-state index in [9.17, 15) is 8.42 Å². The lowest BCUT2D eigenvalue weighted by molar-refractivity contribution is -2.00. The van der Waals surface area contributed by atoms with Crippen molar-refractivity contribution in [2.75, 3.05) is 0 Å². The Labute approximate surface area is 192 Å². The van der Waals surface area contributed by atoms with Gasteiger partial charge in [-0.25, -0.2) is 32.2 Å². The Morgan fingerprint density at radius 2 is 1.44 bits per heavy atom. The molecule has 0 spiro atoms. The molecule has 1 aromatic carbocycles. The number of aryl methyl sites for hydroxylation is 2. The number of pyridine rings is 1. The summed E-state index contributed by atoms with van der Waals surface area (Å²) in [6.07, 6.45) is 3.62. The predicted octanol–water partition coefficient (Wildman–Crippen LogP) is -1.72.